The molecular weight excluding hydrogens is 146 g/mol. The van der Waals surface area contributed by atoms with Gasteiger partial charge < -0.3 is 5.32 Å². The minimum Gasteiger partial charge on any atom is -0.314 e. The molecule has 0 aromatic rings. The van der Waals surface area contributed by atoms with Crippen LogP contribution in [0.25, 0.3) is 0 Å². The van der Waals surface area contributed by atoms with Crippen molar-refractivity contribution >= 4 is 0 Å². The highest BCUT2D eigenvalue weighted by molar-refractivity contribution is 4.83. The van der Waals surface area contributed by atoms with E-state index in [0.717, 1.165) is 17.9 Å². The maximum atomic E-state index is 3.67. The van der Waals surface area contributed by atoms with Gasteiger partial charge in [-0.2, -0.15) is 0 Å². The Kier molecular flexibility index (Phi) is 2.69. The van der Waals surface area contributed by atoms with E-state index in [4.69, 9.17) is 0 Å². The van der Waals surface area contributed by atoms with E-state index in [-0.39, 0.29) is 0 Å². The van der Waals surface area contributed by atoms with Gasteiger partial charge in [0.25, 0.3) is 0 Å². The van der Waals surface area contributed by atoms with Gasteiger partial charge in [-0.05, 0) is 37.6 Å². The van der Waals surface area contributed by atoms with E-state index in [9.17, 15) is 0 Å². The zero-order valence-electron chi connectivity index (χ0n) is 8.18. The van der Waals surface area contributed by atoms with Crippen LogP contribution >= 0.6 is 0 Å². The van der Waals surface area contributed by atoms with Gasteiger partial charge >= 0.3 is 0 Å². The molecule has 2 atom stereocenters. The van der Waals surface area contributed by atoms with Gasteiger partial charge in [0.1, 0.15) is 0 Å². The molecule has 2 unspecified atom stereocenters. The van der Waals surface area contributed by atoms with Gasteiger partial charge in [0.2, 0.25) is 0 Å². The fourth-order valence-electron chi connectivity index (χ4n) is 2.52. The van der Waals surface area contributed by atoms with Gasteiger partial charge in [0.15, 0.2) is 0 Å². The first kappa shape index (κ1) is 8.55. The third-order valence-electron chi connectivity index (χ3n) is 3.74. The lowest BCUT2D eigenvalue weighted by Gasteiger charge is -2.36. The molecule has 0 bridgehead atoms. The molecule has 1 saturated carbocycles. The lowest BCUT2D eigenvalue weighted by atomic mass is 9.77. The third-order valence-corrected chi connectivity index (χ3v) is 3.74. The predicted molar refractivity (Wildman–Crippen MR) is 52.1 cm³/mol. The van der Waals surface area contributed by atoms with Crippen molar-refractivity contribution in [2.75, 3.05) is 6.54 Å². The first-order chi connectivity index (χ1) is 5.86. The van der Waals surface area contributed by atoms with Crippen LogP contribution in [0.3, 0.4) is 0 Å². The first-order valence-corrected chi connectivity index (χ1v) is 5.59. The molecule has 1 nitrogen and oxygen atoms in total. The van der Waals surface area contributed by atoms with E-state index in [2.05, 4.69) is 12.2 Å². The molecule has 0 spiro atoms. The fourth-order valence-corrected chi connectivity index (χ4v) is 2.52. The summed E-state index contributed by atoms with van der Waals surface area (Å²) in [6, 6.07) is 0.851. The van der Waals surface area contributed by atoms with Crippen molar-refractivity contribution in [2.45, 2.75) is 51.5 Å². The second kappa shape index (κ2) is 3.78. The molecule has 70 valence electrons. The van der Waals surface area contributed by atoms with Crippen LogP contribution in [0.4, 0.5) is 0 Å². The van der Waals surface area contributed by atoms with Gasteiger partial charge in [0, 0.05) is 6.04 Å². The van der Waals surface area contributed by atoms with Crippen LogP contribution in [0.2, 0.25) is 0 Å². The lowest BCUT2D eigenvalue weighted by Crippen LogP contribution is -2.42. The van der Waals surface area contributed by atoms with Gasteiger partial charge in [-0.15, -0.1) is 0 Å². The summed E-state index contributed by atoms with van der Waals surface area (Å²) >= 11 is 0. The summed E-state index contributed by atoms with van der Waals surface area (Å²) in [5.41, 5.74) is 0. The summed E-state index contributed by atoms with van der Waals surface area (Å²) in [4.78, 5) is 0. The molecule has 1 saturated heterocycles. The maximum Gasteiger partial charge on any atom is 0.00953 e. The van der Waals surface area contributed by atoms with Crippen molar-refractivity contribution in [3.8, 4) is 0 Å². The van der Waals surface area contributed by atoms with Crippen LogP contribution < -0.4 is 5.32 Å². The Labute approximate surface area is 75.9 Å². The van der Waals surface area contributed by atoms with Crippen LogP contribution in [0.5, 0.6) is 0 Å². The Morgan fingerprint density at radius 1 is 1.17 bits per heavy atom. The lowest BCUT2D eigenvalue weighted by molar-refractivity contribution is 0.202. The monoisotopic (exact) mass is 167 g/mol. The van der Waals surface area contributed by atoms with E-state index in [0.29, 0.717) is 0 Å². The molecule has 0 aromatic carbocycles. The van der Waals surface area contributed by atoms with Crippen molar-refractivity contribution in [1.29, 1.82) is 0 Å². The standard InChI is InChI=1S/C11H21N/c1-9-4-3-7-12-11(9)8-10-5-2-6-10/h9-12H,2-8H2,1H3. The molecule has 2 fully saturated rings. The molecule has 1 aliphatic heterocycles. The van der Waals surface area contributed by atoms with Gasteiger partial charge in [-0.1, -0.05) is 26.2 Å². The number of hydrogen-bond acceptors (Lipinski definition) is 1. The summed E-state index contributed by atoms with van der Waals surface area (Å²) in [5.74, 6) is 2.00. The Morgan fingerprint density at radius 2 is 2.00 bits per heavy atom. The molecule has 0 aromatic heterocycles. The summed E-state index contributed by atoms with van der Waals surface area (Å²) in [6.45, 7) is 3.68. The molecule has 1 heterocycles. The Bertz CT molecular complexity index is 140. The molecule has 12 heavy (non-hydrogen) atoms. The van der Waals surface area contributed by atoms with Crippen molar-refractivity contribution < 1.29 is 0 Å². The maximum absolute atomic E-state index is 3.67. The van der Waals surface area contributed by atoms with E-state index in [1.54, 1.807) is 0 Å². The van der Waals surface area contributed by atoms with E-state index < -0.39 is 0 Å². The second-order valence-corrected chi connectivity index (χ2v) is 4.71. The van der Waals surface area contributed by atoms with Gasteiger partial charge in [-0.3, -0.25) is 0 Å². The number of piperidine rings is 1. The van der Waals surface area contributed by atoms with E-state index in [1.165, 1.54) is 45.1 Å². The minimum absolute atomic E-state index is 0.851. The van der Waals surface area contributed by atoms with Crippen LogP contribution in [-0.2, 0) is 0 Å². The molecule has 2 aliphatic rings. The second-order valence-electron chi connectivity index (χ2n) is 4.71. The normalized spacial score (nSPS) is 37.8. The predicted octanol–water partition coefficient (Wildman–Crippen LogP) is 2.56. The fraction of sp³-hybridized carbons (Fsp3) is 1.00. The zero-order chi connectivity index (χ0) is 8.39. The van der Waals surface area contributed by atoms with E-state index >= 15 is 0 Å². The summed E-state index contributed by atoms with van der Waals surface area (Å²) in [6.07, 6.45) is 8.80. The molecule has 1 aliphatic carbocycles. The van der Waals surface area contributed by atoms with Crippen molar-refractivity contribution in [3.63, 3.8) is 0 Å². The number of hydrogen-bond donors (Lipinski definition) is 1. The van der Waals surface area contributed by atoms with Crippen LogP contribution in [-0.4, -0.2) is 12.6 Å². The van der Waals surface area contributed by atoms with E-state index in [1.807, 2.05) is 0 Å². The molecular formula is C11H21N. The van der Waals surface area contributed by atoms with Crippen molar-refractivity contribution in [3.05, 3.63) is 0 Å². The highest BCUT2D eigenvalue weighted by Crippen LogP contribution is 2.33. The van der Waals surface area contributed by atoms with Crippen LogP contribution in [0.15, 0.2) is 0 Å². The average molecular weight is 167 g/mol. The highest BCUT2D eigenvalue weighted by atomic mass is 14.9. The van der Waals surface area contributed by atoms with Gasteiger partial charge in [-0.25, -0.2) is 0 Å². The SMILES string of the molecule is CC1CCCNC1CC1CCC1. The van der Waals surface area contributed by atoms with Gasteiger partial charge in [0.05, 0.1) is 0 Å². The summed E-state index contributed by atoms with van der Waals surface area (Å²) < 4.78 is 0. The molecule has 1 heteroatoms. The third kappa shape index (κ3) is 1.82. The van der Waals surface area contributed by atoms with Crippen molar-refractivity contribution in [2.24, 2.45) is 11.8 Å². The Balaban J connectivity index is 1.76. The smallest absolute Gasteiger partial charge is 0.00953 e. The molecule has 2 rings (SSSR count). The highest BCUT2D eigenvalue weighted by Gasteiger charge is 2.26. The van der Waals surface area contributed by atoms with Crippen molar-refractivity contribution in [1.82, 2.24) is 5.32 Å². The minimum atomic E-state index is 0.851. The van der Waals surface area contributed by atoms with Crippen LogP contribution in [0, 0.1) is 11.8 Å². The zero-order valence-corrected chi connectivity index (χ0v) is 8.18. The topological polar surface area (TPSA) is 12.0 Å². The summed E-state index contributed by atoms with van der Waals surface area (Å²) in [5, 5.41) is 3.67. The number of rotatable bonds is 2. The Morgan fingerprint density at radius 3 is 2.58 bits per heavy atom. The molecule has 0 amide bonds. The molecule has 0 radical (unpaired) electrons. The number of nitrogens with one attached hydrogen (secondary N) is 1. The largest absolute Gasteiger partial charge is 0.314 e. The summed E-state index contributed by atoms with van der Waals surface area (Å²) in [7, 11) is 0. The molecule has 1 N–H and O–H groups in total. The first-order valence-electron chi connectivity index (χ1n) is 5.59. The quantitative estimate of drug-likeness (QED) is 0.666. The Hall–Kier alpha value is -0.0400. The average Bonchev–Trinajstić information content (AvgIpc) is 2.00. The van der Waals surface area contributed by atoms with Crippen LogP contribution in [0.1, 0.15) is 45.4 Å².